The minimum absolute atomic E-state index is 0.0114. The van der Waals surface area contributed by atoms with Crippen LogP contribution in [0, 0.1) is 0 Å². The molecule has 0 bridgehead atoms. The number of nitrogens with one attached hydrogen (secondary N) is 1. The van der Waals surface area contributed by atoms with Crippen LogP contribution < -0.4 is 5.32 Å². The van der Waals surface area contributed by atoms with Gasteiger partial charge in [0.2, 0.25) is 5.91 Å². The third-order valence-electron chi connectivity index (χ3n) is 18.2. The maximum atomic E-state index is 13.0. The van der Waals surface area contributed by atoms with E-state index in [-0.39, 0.29) is 18.5 Å². The van der Waals surface area contributed by atoms with Crippen molar-refractivity contribution in [1.82, 2.24) is 5.32 Å². The van der Waals surface area contributed by atoms with Gasteiger partial charge in [0, 0.05) is 12.8 Å². The molecule has 1 heterocycles. The number of aliphatic hydroxyl groups is 5. The molecular formula is C77H145NO10. The van der Waals surface area contributed by atoms with E-state index in [9.17, 15) is 35.1 Å². The van der Waals surface area contributed by atoms with Crippen molar-refractivity contribution in [2.45, 2.75) is 423 Å². The summed E-state index contributed by atoms with van der Waals surface area (Å²) in [6, 6.07) is -0.808. The summed E-state index contributed by atoms with van der Waals surface area (Å²) in [4.78, 5) is 25.2. The third kappa shape index (κ3) is 54.4. The number of hydrogen-bond donors (Lipinski definition) is 6. The Morgan fingerprint density at radius 1 is 0.420 bits per heavy atom. The van der Waals surface area contributed by atoms with Crippen molar-refractivity contribution >= 4 is 11.9 Å². The van der Waals surface area contributed by atoms with E-state index in [4.69, 9.17) is 14.2 Å². The van der Waals surface area contributed by atoms with E-state index in [1.54, 1.807) is 6.08 Å². The van der Waals surface area contributed by atoms with Gasteiger partial charge in [0.25, 0.3) is 0 Å². The highest BCUT2D eigenvalue weighted by atomic mass is 16.7. The molecule has 1 saturated heterocycles. The molecule has 0 radical (unpaired) electrons. The molecule has 0 aromatic heterocycles. The molecule has 88 heavy (non-hydrogen) atoms. The first-order valence-corrected chi connectivity index (χ1v) is 38.3. The highest BCUT2D eigenvalue weighted by Crippen LogP contribution is 2.24. The number of carbonyl (C=O) groups excluding carboxylic acids is 2. The average molecular weight is 1250 g/mol. The van der Waals surface area contributed by atoms with Crippen molar-refractivity contribution in [3.8, 4) is 0 Å². The highest BCUT2D eigenvalue weighted by molar-refractivity contribution is 5.76. The van der Waals surface area contributed by atoms with Crippen LogP contribution in [0.25, 0.3) is 0 Å². The van der Waals surface area contributed by atoms with Gasteiger partial charge < -0.3 is 45.1 Å². The number of amides is 1. The maximum absolute atomic E-state index is 13.0. The number of allylic oxidation sites excluding steroid dienone is 5. The van der Waals surface area contributed by atoms with E-state index < -0.39 is 49.5 Å². The molecular weight excluding hydrogens is 1100 g/mol. The minimum atomic E-state index is -1.57. The Kier molecular flexibility index (Phi) is 63.2. The molecule has 0 saturated carbocycles. The first-order chi connectivity index (χ1) is 43.2. The van der Waals surface area contributed by atoms with Gasteiger partial charge in [-0.05, 0) is 64.2 Å². The van der Waals surface area contributed by atoms with Gasteiger partial charge in [-0.2, -0.15) is 0 Å². The normalized spacial score (nSPS) is 17.9. The minimum Gasteiger partial charge on any atom is -0.466 e. The molecule has 0 aromatic rings. The Morgan fingerprint density at radius 2 is 0.761 bits per heavy atom. The summed E-state index contributed by atoms with van der Waals surface area (Å²) in [5.74, 6) is -0.168. The number of carbonyl (C=O) groups is 2. The van der Waals surface area contributed by atoms with Crippen LogP contribution in [-0.2, 0) is 23.8 Å². The van der Waals surface area contributed by atoms with E-state index in [0.29, 0.717) is 19.4 Å². The molecule has 6 N–H and O–H groups in total. The standard InChI is InChI=1S/C77H145NO10/c1-3-5-7-9-11-13-15-16-17-35-39-42-45-49-53-57-61-65-73(82)86-66-62-58-54-50-46-43-40-37-34-32-30-28-26-24-22-20-18-19-21-23-25-27-29-31-33-36-38-41-44-48-52-56-60-64-72(81)78-69(68-87-77-76(85)75(84)74(83)71(67-79)88-77)70(80)63-59-55-51-47-14-12-10-8-6-4-2/h22,24,28,30,59,63,69-71,74-77,79-80,83-85H,3-21,23,25-27,29,31-58,60-62,64-68H2,1-2H3,(H,78,81)/b24-22-,30-28-,63-59+. The number of unbranched alkanes of at least 4 members (excludes halogenated alkanes) is 50. The predicted octanol–water partition coefficient (Wildman–Crippen LogP) is 20.1. The third-order valence-corrected chi connectivity index (χ3v) is 18.2. The maximum Gasteiger partial charge on any atom is 0.305 e. The molecule has 11 nitrogen and oxygen atoms in total. The lowest BCUT2D eigenvalue weighted by Gasteiger charge is -2.40. The Labute approximate surface area is 543 Å². The van der Waals surface area contributed by atoms with E-state index in [0.717, 1.165) is 57.8 Å². The van der Waals surface area contributed by atoms with Gasteiger partial charge in [0.1, 0.15) is 24.4 Å². The van der Waals surface area contributed by atoms with E-state index in [2.05, 4.69) is 43.5 Å². The van der Waals surface area contributed by atoms with Gasteiger partial charge in [-0.1, -0.05) is 339 Å². The summed E-state index contributed by atoms with van der Waals surface area (Å²) >= 11 is 0. The lowest BCUT2D eigenvalue weighted by Crippen LogP contribution is -2.60. The van der Waals surface area contributed by atoms with E-state index in [1.807, 2.05) is 6.08 Å². The van der Waals surface area contributed by atoms with Gasteiger partial charge in [0.05, 0.1) is 32.0 Å². The van der Waals surface area contributed by atoms with Crippen molar-refractivity contribution in [1.29, 1.82) is 0 Å². The summed E-state index contributed by atoms with van der Waals surface area (Å²) in [6.45, 7) is 4.37. The molecule has 1 aliphatic heterocycles. The summed E-state index contributed by atoms with van der Waals surface area (Å²) in [7, 11) is 0. The summed E-state index contributed by atoms with van der Waals surface area (Å²) in [5, 5.41) is 54.4. The van der Waals surface area contributed by atoms with Crippen LogP contribution in [0.15, 0.2) is 36.5 Å². The fourth-order valence-corrected chi connectivity index (χ4v) is 12.2. The van der Waals surface area contributed by atoms with Crippen molar-refractivity contribution in [3.63, 3.8) is 0 Å². The predicted molar refractivity (Wildman–Crippen MR) is 371 cm³/mol. The first kappa shape index (κ1) is 83.9. The van der Waals surface area contributed by atoms with Crippen molar-refractivity contribution in [2.75, 3.05) is 19.8 Å². The average Bonchev–Trinajstić information content (AvgIpc) is 2.18. The zero-order chi connectivity index (χ0) is 63.7. The van der Waals surface area contributed by atoms with Crippen molar-refractivity contribution in [3.05, 3.63) is 36.5 Å². The zero-order valence-corrected chi connectivity index (χ0v) is 57.7. The molecule has 518 valence electrons. The van der Waals surface area contributed by atoms with Crippen molar-refractivity contribution in [2.24, 2.45) is 0 Å². The second-order valence-electron chi connectivity index (χ2n) is 26.7. The Bertz CT molecular complexity index is 1560. The van der Waals surface area contributed by atoms with E-state index in [1.165, 1.54) is 295 Å². The van der Waals surface area contributed by atoms with Crippen LogP contribution >= 0.6 is 0 Å². The monoisotopic (exact) mass is 1240 g/mol. The molecule has 1 amide bonds. The van der Waals surface area contributed by atoms with Gasteiger partial charge in [0.15, 0.2) is 6.29 Å². The van der Waals surface area contributed by atoms with Crippen LogP contribution in [0.4, 0.5) is 0 Å². The first-order valence-electron chi connectivity index (χ1n) is 38.3. The lowest BCUT2D eigenvalue weighted by molar-refractivity contribution is -0.302. The van der Waals surface area contributed by atoms with E-state index >= 15 is 0 Å². The second kappa shape index (κ2) is 66.3. The largest absolute Gasteiger partial charge is 0.466 e. The Hall–Kier alpha value is -2.12. The number of esters is 1. The fraction of sp³-hybridized carbons (Fsp3) is 0.896. The number of hydrogen-bond acceptors (Lipinski definition) is 10. The van der Waals surface area contributed by atoms with Crippen LogP contribution in [0.1, 0.15) is 380 Å². The van der Waals surface area contributed by atoms with Crippen LogP contribution in [-0.4, -0.2) is 100 Å². The number of rotatable bonds is 68. The summed E-state index contributed by atoms with van der Waals surface area (Å²) in [6.07, 6.45) is 76.0. The molecule has 1 fully saturated rings. The molecule has 0 aromatic carbocycles. The summed E-state index contributed by atoms with van der Waals surface area (Å²) < 4.78 is 16.7. The van der Waals surface area contributed by atoms with Crippen LogP contribution in [0.2, 0.25) is 0 Å². The Morgan fingerprint density at radius 3 is 1.15 bits per heavy atom. The molecule has 7 atom stereocenters. The molecule has 1 rings (SSSR count). The number of aliphatic hydroxyl groups excluding tert-OH is 5. The molecule has 7 unspecified atom stereocenters. The Balaban J connectivity index is 1.90. The van der Waals surface area contributed by atoms with Crippen molar-refractivity contribution < 1.29 is 49.3 Å². The molecule has 11 heteroatoms. The SMILES string of the molecule is CCCCCCCCCC/C=C/C(O)C(COC1OC(CO)C(O)C(O)C1O)NC(=O)CCCCCCCCCCCCCCCCCCC/C=C\C/C=C\CCCCCCCCCCCOC(=O)CCCCCCCCCCCCCCCCCCC. The van der Waals surface area contributed by atoms with Gasteiger partial charge in [-0.25, -0.2) is 0 Å². The van der Waals surface area contributed by atoms with Gasteiger partial charge >= 0.3 is 5.97 Å². The van der Waals surface area contributed by atoms with Crippen LogP contribution in [0.5, 0.6) is 0 Å². The van der Waals surface area contributed by atoms with Crippen LogP contribution in [0.3, 0.4) is 0 Å². The lowest BCUT2D eigenvalue weighted by atomic mass is 9.99. The number of ether oxygens (including phenoxy) is 3. The fourth-order valence-electron chi connectivity index (χ4n) is 12.2. The smallest absolute Gasteiger partial charge is 0.305 e. The quantitative estimate of drug-likeness (QED) is 0.0195. The van der Waals surface area contributed by atoms with Gasteiger partial charge in [-0.3, -0.25) is 9.59 Å². The zero-order valence-electron chi connectivity index (χ0n) is 57.7. The highest BCUT2D eigenvalue weighted by Gasteiger charge is 2.44. The molecule has 0 aliphatic carbocycles. The summed E-state index contributed by atoms with van der Waals surface area (Å²) in [5.41, 5.74) is 0. The molecule has 0 spiro atoms. The molecule has 1 aliphatic rings. The van der Waals surface area contributed by atoms with Gasteiger partial charge in [-0.15, -0.1) is 0 Å². The topological polar surface area (TPSA) is 175 Å². The second-order valence-corrected chi connectivity index (χ2v) is 26.7.